The molecule has 0 saturated heterocycles. The minimum Gasteiger partial charge on any atom is -0.144 e. The zero-order valence-corrected chi connectivity index (χ0v) is 11.2. The van der Waals surface area contributed by atoms with Crippen LogP contribution in [0.5, 0.6) is 0 Å². The summed E-state index contributed by atoms with van der Waals surface area (Å²) in [5.74, 6) is 1.43. The lowest BCUT2D eigenvalue weighted by molar-refractivity contribution is 0.670. The molecule has 0 amide bonds. The van der Waals surface area contributed by atoms with E-state index in [2.05, 4.69) is 39.0 Å². The van der Waals surface area contributed by atoms with E-state index in [-0.39, 0.29) is 0 Å². The van der Waals surface area contributed by atoms with E-state index in [0.29, 0.717) is 11.8 Å². The molecule has 0 aliphatic heterocycles. The van der Waals surface area contributed by atoms with Crippen LogP contribution in [-0.4, -0.2) is 0 Å². The van der Waals surface area contributed by atoms with Crippen LogP contribution in [0.1, 0.15) is 73.3 Å². The van der Waals surface area contributed by atoms with Gasteiger partial charge in [-0.15, -0.1) is 11.3 Å². The maximum atomic E-state index is 2.34. The third-order valence-corrected chi connectivity index (χ3v) is 5.21. The zero-order valence-electron chi connectivity index (χ0n) is 10.4. The number of rotatable bonds is 2. The first-order chi connectivity index (χ1) is 7.11. The van der Waals surface area contributed by atoms with Gasteiger partial charge in [0.2, 0.25) is 0 Å². The molecule has 0 bridgehead atoms. The van der Waals surface area contributed by atoms with Crippen molar-refractivity contribution in [1.29, 1.82) is 0 Å². The number of thiophene rings is 1. The first-order valence-electron chi connectivity index (χ1n) is 6.25. The van der Waals surface area contributed by atoms with Gasteiger partial charge in [0.15, 0.2) is 0 Å². The van der Waals surface area contributed by atoms with Gasteiger partial charge in [0, 0.05) is 9.75 Å². The quantitative estimate of drug-likeness (QED) is 0.669. The lowest BCUT2D eigenvalue weighted by atomic mass is 9.88. The highest BCUT2D eigenvalue weighted by atomic mass is 32.1. The van der Waals surface area contributed by atoms with E-state index >= 15 is 0 Å². The highest BCUT2D eigenvalue weighted by molar-refractivity contribution is 7.12. The van der Waals surface area contributed by atoms with Gasteiger partial charge in [0.05, 0.1) is 0 Å². The monoisotopic (exact) mass is 222 g/mol. The molecule has 0 saturated carbocycles. The summed E-state index contributed by atoms with van der Waals surface area (Å²) in [7, 11) is 0. The van der Waals surface area contributed by atoms with Crippen LogP contribution in [-0.2, 0) is 12.8 Å². The van der Waals surface area contributed by atoms with Gasteiger partial charge >= 0.3 is 0 Å². The van der Waals surface area contributed by atoms with Crippen LogP contribution in [0.4, 0.5) is 0 Å². The van der Waals surface area contributed by atoms with Crippen LogP contribution >= 0.6 is 11.3 Å². The second kappa shape index (κ2) is 4.29. The third-order valence-electron chi connectivity index (χ3n) is 3.33. The molecule has 15 heavy (non-hydrogen) atoms. The molecule has 1 heterocycles. The van der Waals surface area contributed by atoms with Crippen molar-refractivity contribution in [3.05, 3.63) is 20.9 Å². The highest BCUT2D eigenvalue weighted by Crippen LogP contribution is 2.41. The minimum absolute atomic E-state index is 0.717. The molecule has 2 rings (SSSR count). The molecule has 1 aliphatic rings. The fourth-order valence-corrected chi connectivity index (χ4v) is 4.03. The maximum absolute atomic E-state index is 2.34. The lowest BCUT2D eigenvalue weighted by Gasteiger charge is -2.16. The average Bonchev–Trinajstić information content (AvgIpc) is 2.56. The molecule has 1 aliphatic carbocycles. The van der Waals surface area contributed by atoms with Gasteiger partial charge in [-0.25, -0.2) is 0 Å². The Morgan fingerprint density at radius 2 is 1.20 bits per heavy atom. The summed E-state index contributed by atoms with van der Waals surface area (Å²) in [6, 6.07) is 0. The van der Waals surface area contributed by atoms with E-state index in [4.69, 9.17) is 0 Å². The molecule has 0 unspecified atom stereocenters. The van der Waals surface area contributed by atoms with Crippen molar-refractivity contribution in [2.24, 2.45) is 0 Å². The molecule has 84 valence electrons. The number of hydrogen-bond donors (Lipinski definition) is 0. The Morgan fingerprint density at radius 1 is 0.800 bits per heavy atom. The van der Waals surface area contributed by atoms with Crippen LogP contribution in [0.25, 0.3) is 0 Å². The Bertz CT molecular complexity index is 312. The first-order valence-corrected chi connectivity index (χ1v) is 7.07. The van der Waals surface area contributed by atoms with Crippen molar-refractivity contribution in [2.75, 3.05) is 0 Å². The second-order valence-electron chi connectivity index (χ2n) is 5.30. The Morgan fingerprint density at radius 3 is 1.53 bits per heavy atom. The maximum Gasteiger partial charge on any atom is 0.0109 e. The molecule has 0 aromatic carbocycles. The molecule has 0 fully saturated rings. The molecule has 1 aromatic heterocycles. The zero-order chi connectivity index (χ0) is 11.0. The van der Waals surface area contributed by atoms with E-state index in [1.54, 1.807) is 20.9 Å². The Balaban J connectivity index is 2.49. The van der Waals surface area contributed by atoms with Gasteiger partial charge in [-0.2, -0.15) is 0 Å². The molecule has 1 heteroatoms. The summed E-state index contributed by atoms with van der Waals surface area (Å²) < 4.78 is 0. The topological polar surface area (TPSA) is 0 Å². The van der Waals surface area contributed by atoms with Crippen molar-refractivity contribution < 1.29 is 0 Å². The summed E-state index contributed by atoms with van der Waals surface area (Å²) in [5.41, 5.74) is 3.45. The third kappa shape index (κ3) is 1.99. The van der Waals surface area contributed by atoms with Crippen molar-refractivity contribution in [3.63, 3.8) is 0 Å². The van der Waals surface area contributed by atoms with Crippen molar-refractivity contribution in [2.45, 2.75) is 65.2 Å². The average molecular weight is 222 g/mol. The van der Waals surface area contributed by atoms with Crippen molar-refractivity contribution >= 4 is 11.3 Å². The fraction of sp³-hybridized carbons (Fsp3) is 0.714. The Hall–Kier alpha value is -0.300. The van der Waals surface area contributed by atoms with Crippen LogP contribution in [0.2, 0.25) is 0 Å². The Labute approximate surface area is 97.7 Å². The predicted octanol–water partition coefficient (Wildman–Crippen LogP) is 4.87. The molecule has 0 nitrogen and oxygen atoms in total. The normalized spacial score (nSPS) is 16.1. The van der Waals surface area contributed by atoms with Gasteiger partial charge in [0.25, 0.3) is 0 Å². The summed E-state index contributed by atoms with van der Waals surface area (Å²) in [4.78, 5) is 3.35. The largest absolute Gasteiger partial charge is 0.144 e. The molecule has 0 N–H and O–H groups in total. The summed E-state index contributed by atoms with van der Waals surface area (Å²) in [5, 5.41) is 0. The van der Waals surface area contributed by atoms with E-state index in [0.717, 1.165) is 0 Å². The van der Waals surface area contributed by atoms with Gasteiger partial charge in [-0.05, 0) is 48.6 Å². The second-order valence-corrected chi connectivity index (χ2v) is 6.39. The molecule has 0 spiro atoms. The highest BCUT2D eigenvalue weighted by Gasteiger charge is 2.23. The molecular weight excluding hydrogens is 200 g/mol. The molecule has 0 atom stereocenters. The van der Waals surface area contributed by atoms with E-state index < -0.39 is 0 Å². The summed E-state index contributed by atoms with van der Waals surface area (Å²) in [6.45, 7) is 9.35. The van der Waals surface area contributed by atoms with Gasteiger partial charge in [-0.1, -0.05) is 27.7 Å². The smallest absolute Gasteiger partial charge is 0.0109 e. The molecule has 0 radical (unpaired) electrons. The SMILES string of the molecule is CC(C)c1sc(C(C)C)c2c1CCCC2. The van der Waals surface area contributed by atoms with Crippen LogP contribution < -0.4 is 0 Å². The van der Waals surface area contributed by atoms with Crippen LogP contribution in [0, 0.1) is 0 Å². The Kier molecular flexibility index (Phi) is 3.20. The summed E-state index contributed by atoms with van der Waals surface area (Å²) in [6.07, 6.45) is 5.49. The predicted molar refractivity (Wildman–Crippen MR) is 69.1 cm³/mol. The van der Waals surface area contributed by atoms with Crippen molar-refractivity contribution in [1.82, 2.24) is 0 Å². The lowest BCUT2D eigenvalue weighted by Crippen LogP contribution is -2.04. The van der Waals surface area contributed by atoms with E-state index in [1.807, 2.05) is 0 Å². The molecular formula is C14H22S. The first kappa shape index (κ1) is 11.2. The van der Waals surface area contributed by atoms with E-state index in [1.165, 1.54) is 25.7 Å². The van der Waals surface area contributed by atoms with Gasteiger partial charge in [-0.3, -0.25) is 0 Å². The van der Waals surface area contributed by atoms with Crippen LogP contribution in [0.15, 0.2) is 0 Å². The molecule has 1 aromatic rings. The van der Waals surface area contributed by atoms with Gasteiger partial charge < -0.3 is 0 Å². The van der Waals surface area contributed by atoms with Crippen molar-refractivity contribution in [3.8, 4) is 0 Å². The minimum atomic E-state index is 0.717. The number of fused-ring (bicyclic) bond motifs is 1. The fourth-order valence-electron chi connectivity index (χ4n) is 2.62. The van der Waals surface area contributed by atoms with Crippen LogP contribution in [0.3, 0.4) is 0 Å². The number of hydrogen-bond acceptors (Lipinski definition) is 1. The van der Waals surface area contributed by atoms with Gasteiger partial charge in [0.1, 0.15) is 0 Å². The van der Waals surface area contributed by atoms with E-state index in [9.17, 15) is 0 Å². The summed E-state index contributed by atoms with van der Waals surface area (Å²) >= 11 is 2.09. The standard InChI is InChI=1S/C14H22S/c1-9(2)13-11-7-5-6-8-12(11)14(15-13)10(3)4/h9-10H,5-8H2,1-4H3.